The summed E-state index contributed by atoms with van der Waals surface area (Å²) in [6, 6.07) is 6.41. The number of hydrogen-bond donors (Lipinski definition) is 0. The second-order valence-electron chi connectivity index (χ2n) is 7.54. The van der Waals surface area contributed by atoms with Crippen molar-refractivity contribution in [2.24, 2.45) is 0 Å². The molecule has 1 amide bonds. The fraction of sp³-hybridized carbons (Fsp3) is 0.524. The van der Waals surface area contributed by atoms with E-state index < -0.39 is 0 Å². The molecule has 2 saturated heterocycles. The highest BCUT2D eigenvalue weighted by atomic mass is 19.1. The number of amides is 1. The van der Waals surface area contributed by atoms with Crippen LogP contribution < -0.4 is 0 Å². The molecule has 0 saturated carbocycles. The first kappa shape index (κ1) is 19.1. The minimum Gasteiger partial charge on any atom is -0.445 e. The van der Waals surface area contributed by atoms with Gasteiger partial charge in [0.05, 0.1) is 31.9 Å². The number of likely N-dealkylation sites (tertiary alicyclic amines) is 1. The van der Waals surface area contributed by atoms with Gasteiger partial charge in [0.25, 0.3) is 0 Å². The number of piperidine rings is 1. The van der Waals surface area contributed by atoms with Crippen LogP contribution in [-0.4, -0.2) is 66.6 Å². The molecule has 0 spiro atoms. The first-order chi connectivity index (χ1) is 13.7. The van der Waals surface area contributed by atoms with E-state index in [0.29, 0.717) is 38.6 Å². The van der Waals surface area contributed by atoms with Crippen LogP contribution in [-0.2, 0) is 16.0 Å². The van der Waals surface area contributed by atoms with E-state index in [2.05, 4.69) is 9.88 Å². The maximum absolute atomic E-state index is 13.0. The van der Waals surface area contributed by atoms with Crippen LogP contribution in [0.3, 0.4) is 0 Å². The second-order valence-corrected chi connectivity index (χ2v) is 7.54. The van der Waals surface area contributed by atoms with E-state index in [0.717, 1.165) is 43.8 Å². The molecule has 6 nitrogen and oxygen atoms in total. The number of oxazole rings is 1. The quantitative estimate of drug-likeness (QED) is 0.789. The molecule has 0 unspecified atom stereocenters. The zero-order valence-electron chi connectivity index (χ0n) is 16.0. The Morgan fingerprint density at radius 1 is 1.18 bits per heavy atom. The van der Waals surface area contributed by atoms with Crippen LogP contribution in [0.25, 0.3) is 0 Å². The number of halogens is 1. The fourth-order valence-electron chi connectivity index (χ4n) is 3.85. The molecule has 3 heterocycles. The van der Waals surface area contributed by atoms with Crippen molar-refractivity contribution < 1.29 is 18.3 Å². The number of carbonyl (C=O) groups excluding carboxylic acids is 1. The molecule has 0 N–H and O–H groups in total. The van der Waals surface area contributed by atoms with Gasteiger partial charge in [0.1, 0.15) is 11.6 Å². The van der Waals surface area contributed by atoms with Crippen LogP contribution in [0.15, 0.2) is 34.9 Å². The predicted molar refractivity (Wildman–Crippen MR) is 102 cm³/mol. The highest BCUT2D eigenvalue weighted by Gasteiger charge is 2.28. The summed E-state index contributed by atoms with van der Waals surface area (Å²) in [5.41, 5.74) is 0.982. The molecule has 7 heteroatoms. The molecule has 28 heavy (non-hydrogen) atoms. The molecular weight excluding hydrogens is 361 g/mol. The zero-order chi connectivity index (χ0) is 19.3. The topological polar surface area (TPSA) is 58.8 Å². The van der Waals surface area contributed by atoms with Crippen LogP contribution in [0, 0.1) is 5.82 Å². The van der Waals surface area contributed by atoms with E-state index in [1.807, 2.05) is 4.90 Å². The number of benzene rings is 1. The standard InChI is InChI=1S/C21H26FN3O3/c22-18-5-3-16(4-6-18)12-19-13-23-21(28-19)17-2-1-7-25(14-17)20(26)15-24-8-10-27-11-9-24/h3-6,13,17H,1-2,7-12,14-15H2/t17-/m1/s1. The number of rotatable bonds is 5. The van der Waals surface area contributed by atoms with Crippen molar-refractivity contribution in [3.8, 4) is 0 Å². The van der Waals surface area contributed by atoms with Gasteiger partial charge in [0.15, 0.2) is 5.89 Å². The second kappa shape index (κ2) is 8.84. The van der Waals surface area contributed by atoms with Gasteiger partial charge < -0.3 is 14.1 Å². The molecular formula is C21H26FN3O3. The van der Waals surface area contributed by atoms with Crippen molar-refractivity contribution >= 4 is 5.91 Å². The van der Waals surface area contributed by atoms with Crippen molar-refractivity contribution in [2.75, 3.05) is 45.9 Å². The van der Waals surface area contributed by atoms with E-state index >= 15 is 0 Å². The van der Waals surface area contributed by atoms with Gasteiger partial charge in [-0.15, -0.1) is 0 Å². The summed E-state index contributed by atoms with van der Waals surface area (Å²) in [5, 5.41) is 0. The maximum Gasteiger partial charge on any atom is 0.236 e. The van der Waals surface area contributed by atoms with Gasteiger partial charge in [0.2, 0.25) is 5.91 Å². The molecule has 4 rings (SSSR count). The molecule has 150 valence electrons. The van der Waals surface area contributed by atoms with E-state index in [1.54, 1.807) is 18.3 Å². The number of nitrogens with zero attached hydrogens (tertiary/aromatic N) is 3. The van der Waals surface area contributed by atoms with E-state index in [4.69, 9.17) is 9.15 Å². The number of aromatic nitrogens is 1. The Hall–Kier alpha value is -2.25. The van der Waals surface area contributed by atoms with Crippen molar-refractivity contribution in [2.45, 2.75) is 25.2 Å². The molecule has 2 aliphatic rings. The van der Waals surface area contributed by atoms with Gasteiger partial charge in [-0.05, 0) is 30.5 Å². The predicted octanol–water partition coefficient (Wildman–Crippen LogP) is 2.44. The normalized spacial score (nSPS) is 21.0. The third kappa shape index (κ3) is 4.77. The van der Waals surface area contributed by atoms with Gasteiger partial charge in [-0.3, -0.25) is 9.69 Å². The third-order valence-electron chi connectivity index (χ3n) is 5.45. The molecule has 0 aliphatic carbocycles. The van der Waals surface area contributed by atoms with Crippen LogP contribution >= 0.6 is 0 Å². The minimum absolute atomic E-state index is 0.129. The SMILES string of the molecule is O=C(CN1CCOCC1)N1CCC[C@@H](c2ncc(Cc3ccc(F)cc3)o2)C1. The summed E-state index contributed by atoms with van der Waals surface area (Å²) >= 11 is 0. The Morgan fingerprint density at radius 3 is 2.75 bits per heavy atom. The smallest absolute Gasteiger partial charge is 0.236 e. The van der Waals surface area contributed by atoms with E-state index in [-0.39, 0.29) is 17.6 Å². The summed E-state index contributed by atoms with van der Waals surface area (Å²) in [6.07, 6.45) is 4.25. The van der Waals surface area contributed by atoms with Crippen molar-refractivity contribution in [3.63, 3.8) is 0 Å². The summed E-state index contributed by atoms with van der Waals surface area (Å²) in [4.78, 5) is 21.2. The fourth-order valence-corrected chi connectivity index (χ4v) is 3.85. The summed E-state index contributed by atoms with van der Waals surface area (Å²) in [6.45, 7) is 4.93. The average molecular weight is 387 g/mol. The largest absolute Gasteiger partial charge is 0.445 e. The van der Waals surface area contributed by atoms with Gasteiger partial charge in [0, 0.05) is 32.6 Å². The van der Waals surface area contributed by atoms with Gasteiger partial charge in [-0.2, -0.15) is 0 Å². The Labute approximate surface area is 164 Å². The average Bonchev–Trinajstić information content (AvgIpc) is 3.19. The van der Waals surface area contributed by atoms with E-state index in [1.165, 1.54) is 12.1 Å². The third-order valence-corrected chi connectivity index (χ3v) is 5.45. The van der Waals surface area contributed by atoms with Crippen LogP contribution in [0.5, 0.6) is 0 Å². The minimum atomic E-state index is -0.244. The lowest BCUT2D eigenvalue weighted by atomic mass is 9.98. The summed E-state index contributed by atoms with van der Waals surface area (Å²) in [7, 11) is 0. The summed E-state index contributed by atoms with van der Waals surface area (Å²) in [5.74, 6) is 1.51. The first-order valence-electron chi connectivity index (χ1n) is 9.94. The number of hydrogen-bond acceptors (Lipinski definition) is 5. The van der Waals surface area contributed by atoms with Gasteiger partial charge >= 0.3 is 0 Å². The lowest BCUT2D eigenvalue weighted by molar-refractivity contribution is -0.134. The van der Waals surface area contributed by atoms with Crippen LogP contribution in [0.1, 0.15) is 36.0 Å². The molecule has 1 aromatic carbocycles. The van der Waals surface area contributed by atoms with Gasteiger partial charge in [-0.1, -0.05) is 12.1 Å². The van der Waals surface area contributed by atoms with Crippen molar-refractivity contribution in [1.82, 2.24) is 14.8 Å². The molecule has 1 atom stereocenters. The number of carbonyl (C=O) groups is 1. The lowest BCUT2D eigenvalue weighted by Gasteiger charge is -2.34. The zero-order valence-corrected chi connectivity index (χ0v) is 16.0. The van der Waals surface area contributed by atoms with Crippen molar-refractivity contribution in [1.29, 1.82) is 0 Å². The number of morpholine rings is 1. The van der Waals surface area contributed by atoms with Crippen molar-refractivity contribution in [3.05, 3.63) is 53.5 Å². The van der Waals surface area contributed by atoms with Crippen LogP contribution in [0.4, 0.5) is 4.39 Å². The molecule has 0 radical (unpaired) electrons. The lowest BCUT2D eigenvalue weighted by Crippen LogP contribution is -2.47. The Balaban J connectivity index is 1.34. The Morgan fingerprint density at radius 2 is 1.96 bits per heavy atom. The van der Waals surface area contributed by atoms with Crippen LogP contribution in [0.2, 0.25) is 0 Å². The van der Waals surface area contributed by atoms with Gasteiger partial charge in [-0.25, -0.2) is 9.37 Å². The first-order valence-corrected chi connectivity index (χ1v) is 9.94. The summed E-state index contributed by atoms with van der Waals surface area (Å²) < 4.78 is 24.4. The monoisotopic (exact) mass is 387 g/mol. The molecule has 1 aromatic heterocycles. The Bertz CT molecular complexity index is 786. The molecule has 2 aromatic rings. The molecule has 0 bridgehead atoms. The number of ether oxygens (including phenoxy) is 1. The Kier molecular flexibility index (Phi) is 6.02. The van der Waals surface area contributed by atoms with E-state index in [9.17, 15) is 9.18 Å². The molecule has 2 aliphatic heterocycles. The maximum atomic E-state index is 13.0. The highest BCUT2D eigenvalue weighted by molar-refractivity contribution is 5.78. The highest BCUT2D eigenvalue weighted by Crippen LogP contribution is 2.27. The molecule has 2 fully saturated rings.